The average molecular weight is 266 g/mol. The molecule has 0 atom stereocenters. The standard InChI is InChI=1S/C10H8BrN3O/c1-14-4-2-3-7(10(14)15)8-5-13-9(11)6-12-8/h2-6H,1H3. The number of hydrogen-bond donors (Lipinski definition) is 0. The topological polar surface area (TPSA) is 47.8 Å². The van der Waals surface area contributed by atoms with Crippen LogP contribution in [0.2, 0.25) is 0 Å². The third kappa shape index (κ3) is 1.97. The predicted octanol–water partition coefficient (Wildman–Crippen LogP) is 1.60. The summed E-state index contributed by atoms with van der Waals surface area (Å²) in [6.45, 7) is 0. The largest absolute Gasteiger partial charge is 0.318 e. The number of aryl methyl sites for hydroxylation is 1. The molecule has 2 aromatic rings. The lowest BCUT2D eigenvalue weighted by Crippen LogP contribution is -2.17. The number of hydrogen-bond acceptors (Lipinski definition) is 3. The molecule has 0 spiro atoms. The zero-order chi connectivity index (χ0) is 10.8. The molecule has 0 aromatic carbocycles. The summed E-state index contributed by atoms with van der Waals surface area (Å²) in [4.78, 5) is 19.9. The minimum Gasteiger partial charge on any atom is -0.318 e. The number of aromatic nitrogens is 3. The van der Waals surface area contributed by atoms with E-state index in [-0.39, 0.29) is 5.56 Å². The lowest BCUT2D eigenvalue weighted by atomic mass is 10.2. The minimum atomic E-state index is -0.0749. The Labute approximate surface area is 94.8 Å². The van der Waals surface area contributed by atoms with Gasteiger partial charge in [-0.05, 0) is 28.1 Å². The Morgan fingerprint density at radius 2 is 2.13 bits per heavy atom. The van der Waals surface area contributed by atoms with E-state index in [1.807, 2.05) is 0 Å². The highest BCUT2D eigenvalue weighted by Gasteiger charge is 2.05. The number of halogens is 1. The third-order valence-corrected chi connectivity index (χ3v) is 2.43. The second kappa shape index (κ2) is 3.94. The molecule has 0 amide bonds. The quantitative estimate of drug-likeness (QED) is 0.787. The van der Waals surface area contributed by atoms with E-state index in [1.165, 1.54) is 4.57 Å². The fourth-order valence-corrected chi connectivity index (χ4v) is 1.45. The Bertz CT molecular complexity index is 533. The fraction of sp³-hybridized carbons (Fsp3) is 0.100. The predicted molar refractivity (Wildman–Crippen MR) is 60.4 cm³/mol. The van der Waals surface area contributed by atoms with Crippen LogP contribution in [0.4, 0.5) is 0 Å². The first-order valence-corrected chi connectivity index (χ1v) is 5.11. The summed E-state index contributed by atoms with van der Waals surface area (Å²) in [6, 6.07) is 3.54. The molecule has 2 rings (SSSR count). The summed E-state index contributed by atoms with van der Waals surface area (Å²) in [5, 5.41) is 0. The van der Waals surface area contributed by atoms with Crippen molar-refractivity contribution in [1.29, 1.82) is 0 Å². The van der Waals surface area contributed by atoms with Crippen LogP contribution in [0, 0.1) is 0 Å². The van der Waals surface area contributed by atoms with Crippen molar-refractivity contribution in [3.05, 3.63) is 45.7 Å². The zero-order valence-electron chi connectivity index (χ0n) is 8.01. The van der Waals surface area contributed by atoms with E-state index in [0.717, 1.165) is 0 Å². The number of nitrogens with zero attached hydrogens (tertiary/aromatic N) is 3. The molecule has 0 radical (unpaired) electrons. The van der Waals surface area contributed by atoms with E-state index in [9.17, 15) is 4.79 Å². The molecule has 0 aliphatic heterocycles. The molecule has 0 fully saturated rings. The van der Waals surface area contributed by atoms with Crippen LogP contribution in [0.15, 0.2) is 40.1 Å². The van der Waals surface area contributed by atoms with Crippen molar-refractivity contribution in [2.24, 2.45) is 7.05 Å². The number of rotatable bonds is 1. The highest BCUT2D eigenvalue weighted by Crippen LogP contribution is 2.12. The summed E-state index contributed by atoms with van der Waals surface area (Å²) in [7, 11) is 1.71. The normalized spacial score (nSPS) is 10.3. The first-order chi connectivity index (χ1) is 7.18. The minimum absolute atomic E-state index is 0.0749. The second-order valence-electron chi connectivity index (χ2n) is 3.06. The molecule has 76 valence electrons. The van der Waals surface area contributed by atoms with E-state index in [1.54, 1.807) is 37.8 Å². The van der Waals surface area contributed by atoms with Crippen LogP contribution in [0.25, 0.3) is 11.3 Å². The summed E-state index contributed by atoms with van der Waals surface area (Å²) in [6.07, 6.45) is 4.85. The van der Waals surface area contributed by atoms with Gasteiger partial charge in [-0.3, -0.25) is 9.78 Å². The molecule has 0 N–H and O–H groups in total. The maximum atomic E-state index is 11.7. The summed E-state index contributed by atoms with van der Waals surface area (Å²) >= 11 is 3.19. The second-order valence-corrected chi connectivity index (χ2v) is 3.87. The summed E-state index contributed by atoms with van der Waals surface area (Å²) < 4.78 is 2.16. The van der Waals surface area contributed by atoms with Gasteiger partial charge in [0.1, 0.15) is 4.60 Å². The van der Waals surface area contributed by atoms with Gasteiger partial charge in [0.15, 0.2) is 0 Å². The van der Waals surface area contributed by atoms with E-state index in [4.69, 9.17) is 0 Å². The van der Waals surface area contributed by atoms with Crippen LogP contribution in [0.3, 0.4) is 0 Å². The van der Waals surface area contributed by atoms with E-state index in [2.05, 4.69) is 25.9 Å². The van der Waals surface area contributed by atoms with E-state index in [0.29, 0.717) is 15.9 Å². The molecule has 0 saturated heterocycles. The Balaban J connectivity index is 2.59. The molecular formula is C10H8BrN3O. The van der Waals surface area contributed by atoms with Gasteiger partial charge in [0.25, 0.3) is 5.56 Å². The van der Waals surface area contributed by atoms with Crippen molar-refractivity contribution in [1.82, 2.24) is 14.5 Å². The van der Waals surface area contributed by atoms with Gasteiger partial charge in [-0.2, -0.15) is 0 Å². The van der Waals surface area contributed by atoms with Gasteiger partial charge >= 0.3 is 0 Å². The number of pyridine rings is 1. The van der Waals surface area contributed by atoms with Gasteiger partial charge in [0, 0.05) is 13.2 Å². The lowest BCUT2D eigenvalue weighted by molar-refractivity contribution is 0.861. The maximum Gasteiger partial charge on any atom is 0.259 e. The first-order valence-electron chi connectivity index (χ1n) is 4.32. The van der Waals surface area contributed by atoms with Gasteiger partial charge in [-0.1, -0.05) is 0 Å². The van der Waals surface area contributed by atoms with Crippen LogP contribution >= 0.6 is 15.9 Å². The first kappa shape index (κ1) is 10.0. The monoisotopic (exact) mass is 265 g/mol. The third-order valence-electron chi connectivity index (χ3n) is 2.02. The Morgan fingerprint density at radius 3 is 2.80 bits per heavy atom. The zero-order valence-corrected chi connectivity index (χ0v) is 9.60. The Kier molecular flexibility index (Phi) is 2.64. The van der Waals surface area contributed by atoms with Crippen molar-refractivity contribution in [2.75, 3.05) is 0 Å². The van der Waals surface area contributed by atoms with Crippen molar-refractivity contribution < 1.29 is 0 Å². The van der Waals surface area contributed by atoms with Gasteiger partial charge in [0.2, 0.25) is 0 Å². The molecule has 2 heterocycles. The fourth-order valence-electron chi connectivity index (χ4n) is 1.24. The molecule has 4 nitrogen and oxygen atoms in total. The molecule has 0 aliphatic carbocycles. The Hall–Kier alpha value is -1.49. The van der Waals surface area contributed by atoms with Crippen LogP contribution in [-0.4, -0.2) is 14.5 Å². The van der Waals surface area contributed by atoms with Gasteiger partial charge in [-0.25, -0.2) is 4.98 Å². The smallest absolute Gasteiger partial charge is 0.259 e. The Morgan fingerprint density at radius 1 is 1.33 bits per heavy atom. The van der Waals surface area contributed by atoms with Crippen LogP contribution < -0.4 is 5.56 Å². The molecule has 2 aromatic heterocycles. The molecule has 0 aliphatic rings. The van der Waals surface area contributed by atoms with Crippen molar-refractivity contribution in [2.45, 2.75) is 0 Å². The van der Waals surface area contributed by atoms with Crippen molar-refractivity contribution >= 4 is 15.9 Å². The SMILES string of the molecule is Cn1cccc(-c2cnc(Br)cn2)c1=O. The lowest BCUT2D eigenvalue weighted by Gasteiger charge is -2.01. The molecule has 5 heteroatoms. The molecule has 0 unspecified atom stereocenters. The highest BCUT2D eigenvalue weighted by molar-refractivity contribution is 9.10. The maximum absolute atomic E-state index is 11.7. The summed E-state index contributed by atoms with van der Waals surface area (Å²) in [5.41, 5.74) is 1.06. The van der Waals surface area contributed by atoms with Crippen LogP contribution in [0.5, 0.6) is 0 Å². The van der Waals surface area contributed by atoms with Crippen LogP contribution in [0.1, 0.15) is 0 Å². The summed E-state index contributed by atoms with van der Waals surface area (Å²) in [5.74, 6) is 0. The van der Waals surface area contributed by atoms with Crippen molar-refractivity contribution in [3.8, 4) is 11.3 Å². The molecule has 0 saturated carbocycles. The van der Waals surface area contributed by atoms with Gasteiger partial charge in [-0.15, -0.1) is 0 Å². The van der Waals surface area contributed by atoms with Gasteiger partial charge in [0.05, 0.1) is 23.7 Å². The van der Waals surface area contributed by atoms with Gasteiger partial charge < -0.3 is 4.57 Å². The molecule has 0 bridgehead atoms. The average Bonchev–Trinajstić information content (AvgIpc) is 2.24. The molecule has 15 heavy (non-hydrogen) atoms. The van der Waals surface area contributed by atoms with Crippen molar-refractivity contribution in [3.63, 3.8) is 0 Å². The van der Waals surface area contributed by atoms with E-state index >= 15 is 0 Å². The van der Waals surface area contributed by atoms with Crippen LogP contribution in [-0.2, 0) is 7.05 Å². The van der Waals surface area contributed by atoms with E-state index < -0.39 is 0 Å². The molecular weight excluding hydrogens is 258 g/mol. The highest BCUT2D eigenvalue weighted by atomic mass is 79.9.